The van der Waals surface area contributed by atoms with Crippen molar-refractivity contribution in [2.24, 2.45) is 0 Å². The number of nitrogens with one attached hydrogen (secondary N) is 1. The second kappa shape index (κ2) is 6.36. The Morgan fingerprint density at radius 3 is 2.75 bits per heavy atom. The summed E-state index contributed by atoms with van der Waals surface area (Å²) in [6.45, 7) is 0.0297. The number of hydrogen-bond donors (Lipinski definition) is 2. The molecule has 0 atom stereocenters. The van der Waals surface area contributed by atoms with Gasteiger partial charge in [-0.1, -0.05) is 12.1 Å². The molecule has 7 heteroatoms. The molecule has 0 saturated heterocycles. The smallest absolute Gasteiger partial charge is 0.250 e. The van der Waals surface area contributed by atoms with Gasteiger partial charge in [0.15, 0.2) is 0 Å². The Labute approximate surface area is 121 Å². The van der Waals surface area contributed by atoms with Gasteiger partial charge in [-0.3, -0.25) is 0 Å². The third-order valence-corrected chi connectivity index (χ3v) is 5.62. The Kier molecular flexibility index (Phi) is 4.77. The number of hydrogen-bond acceptors (Lipinski definition) is 5. The van der Waals surface area contributed by atoms with Gasteiger partial charge >= 0.3 is 0 Å². The molecule has 1 heterocycles. The summed E-state index contributed by atoms with van der Waals surface area (Å²) in [5, 5.41) is 8.96. The molecular weight excluding hydrogens is 298 g/mol. The zero-order valence-corrected chi connectivity index (χ0v) is 12.5. The molecular formula is C13H15NO4S2. The lowest BCUT2D eigenvalue weighted by atomic mass is 10.2. The predicted molar refractivity (Wildman–Crippen MR) is 77.3 cm³/mol. The topological polar surface area (TPSA) is 75.6 Å². The van der Waals surface area contributed by atoms with Gasteiger partial charge in [0, 0.05) is 11.4 Å². The number of ether oxygens (including phenoxy) is 1. The molecule has 0 aliphatic rings. The first-order valence-electron chi connectivity index (χ1n) is 5.87. The predicted octanol–water partition coefficient (Wildman–Crippen LogP) is 1.73. The van der Waals surface area contributed by atoms with Crippen LogP contribution in [0.1, 0.15) is 10.4 Å². The number of benzene rings is 1. The Balaban J connectivity index is 2.08. The summed E-state index contributed by atoms with van der Waals surface area (Å²) in [5.74, 6) is 0.681. The summed E-state index contributed by atoms with van der Waals surface area (Å²) in [5.41, 5.74) is 0.812. The van der Waals surface area contributed by atoms with Gasteiger partial charge in [-0.25, -0.2) is 13.1 Å². The standard InChI is InChI=1S/C13H15NO4S2/c1-18-11-4-2-3-10(7-11)8-14-20(16,17)13-6-5-12(9-15)19-13/h2-7,14-15H,8-9H2,1H3. The summed E-state index contributed by atoms with van der Waals surface area (Å²) in [6.07, 6.45) is 0. The zero-order valence-electron chi connectivity index (χ0n) is 10.9. The van der Waals surface area contributed by atoms with Crippen LogP contribution in [0.5, 0.6) is 5.75 Å². The Bertz CT molecular complexity index is 679. The lowest BCUT2D eigenvalue weighted by Gasteiger charge is -2.06. The van der Waals surface area contributed by atoms with Gasteiger partial charge < -0.3 is 9.84 Å². The van der Waals surface area contributed by atoms with Gasteiger partial charge in [0.05, 0.1) is 13.7 Å². The first-order valence-corrected chi connectivity index (χ1v) is 8.17. The van der Waals surface area contributed by atoms with E-state index in [4.69, 9.17) is 9.84 Å². The maximum Gasteiger partial charge on any atom is 0.250 e. The van der Waals surface area contributed by atoms with Crippen LogP contribution < -0.4 is 9.46 Å². The normalized spacial score (nSPS) is 11.5. The molecule has 0 spiro atoms. The number of aliphatic hydroxyl groups is 1. The SMILES string of the molecule is COc1cccc(CNS(=O)(=O)c2ccc(CO)s2)c1. The molecule has 20 heavy (non-hydrogen) atoms. The van der Waals surface area contributed by atoms with Crippen LogP contribution in [0.2, 0.25) is 0 Å². The van der Waals surface area contributed by atoms with Crippen molar-refractivity contribution in [1.29, 1.82) is 0 Å². The molecule has 1 aromatic carbocycles. The highest BCUT2D eigenvalue weighted by Crippen LogP contribution is 2.21. The summed E-state index contributed by atoms with van der Waals surface area (Å²) in [7, 11) is -1.99. The number of rotatable bonds is 6. The Morgan fingerprint density at radius 1 is 1.30 bits per heavy atom. The first kappa shape index (κ1) is 15.0. The van der Waals surface area contributed by atoms with E-state index in [1.165, 1.54) is 6.07 Å². The highest BCUT2D eigenvalue weighted by Gasteiger charge is 2.16. The van der Waals surface area contributed by atoms with Crippen molar-refractivity contribution in [2.45, 2.75) is 17.4 Å². The molecule has 2 rings (SSSR count). The van der Waals surface area contributed by atoms with Crippen molar-refractivity contribution in [3.63, 3.8) is 0 Å². The van der Waals surface area contributed by atoms with Gasteiger partial charge in [0.2, 0.25) is 10.0 Å². The summed E-state index contributed by atoms with van der Waals surface area (Å²) < 4.78 is 32.0. The maximum absolute atomic E-state index is 12.1. The highest BCUT2D eigenvalue weighted by molar-refractivity contribution is 7.91. The number of aliphatic hydroxyl groups excluding tert-OH is 1. The van der Waals surface area contributed by atoms with E-state index >= 15 is 0 Å². The van der Waals surface area contributed by atoms with Crippen molar-refractivity contribution >= 4 is 21.4 Å². The van der Waals surface area contributed by atoms with E-state index < -0.39 is 10.0 Å². The average molecular weight is 313 g/mol. The average Bonchev–Trinajstić information content (AvgIpc) is 2.95. The van der Waals surface area contributed by atoms with Crippen molar-refractivity contribution in [1.82, 2.24) is 4.72 Å². The van der Waals surface area contributed by atoms with E-state index in [-0.39, 0.29) is 17.4 Å². The van der Waals surface area contributed by atoms with Crippen molar-refractivity contribution in [3.8, 4) is 5.75 Å². The molecule has 0 aliphatic heterocycles. The molecule has 1 aromatic heterocycles. The summed E-state index contributed by atoms with van der Waals surface area (Å²) >= 11 is 1.06. The van der Waals surface area contributed by atoms with Crippen LogP contribution in [-0.2, 0) is 23.2 Å². The zero-order chi connectivity index (χ0) is 14.6. The minimum Gasteiger partial charge on any atom is -0.497 e. The maximum atomic E-state index is 12.1. The molecule has 5 nitrogen and oxygen atoms in total. The van der Waals surface area contributed by atoms with E-state index in [9.17, 15) is 8.42 Å². The second-order valence-electron chi connectivity index (χ2n) is 4.05. The van der Waals surface area contributed by atoms with E-state index in [2.05, 4.69) is 4.72 Å². The molecule has 2 aromatic rings. The van der Waals surface area contributed by atoms with E-state index in [0.717, 1.165) is 16.9 Å². The molecule has 0 radical (unpaired) electrons. The quantitative estimate of drug-likeness (QED) is 0.851. The molecule has 0 bridgehead atoms. The minimum absolute atomic E-state index is 0.157. The van der Waals surface area contributed by atoms with E-state index in [1.54, 1.807) is 31.4 Å². The molecule has 0 saturated carbocycles. The largest absolute Gasteiger partial charge is 0.497 e. The van der Waals surface area contributed by atoms with Gasteiger partial charge in [0.1, 0.15) is 9.96 Å². The first-order chi connectivity index (χ1) is 9.55. The molecule has 0 aliphatic carbocycles. The highest BCUT2D eigenvalue weighted by atomic mass is 32.2. The van der Waals surface area contributed by atoms with Crippen LogP contribution >= 0.6 is 11.3 Å². The van der Waals surface area contributed by atoms with Crippen LogP contribution in [0.3, 0.4) is 0 Å². The fourth-order valence-electron chi connectivity index (χ4n) is 1.62. The fraction of sp³-hybridized carbons (Fsp3) is 0.231. The van der Waals surface area contributed by atoms with Crippen LogP contribution in [-0.4, -0.2) is 20.6 Å². The van der Waals surface area contributed by atoms with Gasteiger partial charge in [-0.2, -0.15) is 0 Å². The van der Waals surface area contributed by atoms with Gasteiger partial charge in [0.25, 0.3) is 0 Å². The molecule has 0 amide bonds. The number of sulfonamides is 1. The number of thiophene rings is 1. The molecule has 2 N–H and O–H groups in total. The van der Waals surface area contributed by atoms with E-state index in [0.29, 0.717) is 10.6 Å². The summed E-state index contributed by atoms with van der Waals surface area (Å²) in [4.78, 5) is 0.617. The van der Waals surface area contributed by atoms with Crippen LogP contribution in [0.15, 0.2) is 40.6 Å². The fourth-order valence-corrected chi connectivity index (χ4v) is 3.90. The molecule has 0 unspecified atom stereocenters. The van der Waals surface area contributed by atoms with Crippen LogP contribution in [0.4, 0.5) is 0 Å². The minimum atomic E-state index is -3.55. The monoisotopic (exact) mass is 313 g/mol. The van der Waals surface area contributed by atoms with Crippen LogP contribution in [0.25, 0.3) is 0 Å². The van der Waals surface area contributed by atoms with Crippen molar-refractivity contribution in [3.05, 3.63) is 46.8 Å². The van der Waals surface area contributed by atoms with Crippen LogP contribution in [0, 0.1) is 0 Å². The third-order valence-electron chi connectivity index (χ3n) is 2.66. The van der Waals surface area contributed by atoms with E-state index in [1.807, 2.05) is 6.07 Å². The Hall–Kier alpha value is -1.41. The van der Waals surface area contributed by atoms with Gasteiger partial charge in [-0.15, -0.1) is 11.3 Å². The van der Waals surface area contributed by atoms with Crippen molar-refractivity contribution in [2.75, 3.05) is 7.11 Å². The summed E-state index contributed by atoms with van der Waals surface area (Å²) in [6, 6.07) is 10.3. The third kappa shape index (κ3) is 3.57. The Morgan fingerprint density at radius 2 is 2.10 bits per heavy atom. The molecule has 0 fully saturated rings. The lowest BCUT2D eigenvalue weighted by Crippen LogP contribution is -2.22. The van der Waals surface area contributed by atoms with Gasteiger partial charge in [-0.05, 0) is 29.8 Å². The second-order valence-corrected chi connectivity index (χ2v) is 7.22. The van der Waals surface area contributed by atoms with Crippen molar-refractivity contribution < 1.29 is 18.3 Å². The number of methoxy groups -OCH3 is 1. The molecule has 108 valence electrons. The lowest BCUT2D eigenvalue weighted by molar-refractivity contribution is 0.285.